The molecule has 2 nitrogen and oxygen atoms in total. The summed E-state index contributed by atoms with van der Waals surface area (Å²) in [5.74, 6) is 1.99. The highest BCUT2D eigenvalue weighted by Crippen LogP contribution is 2.71. The van der Waals surface area contributed by atoms with Crippen LogP contribution in [0.3, 0.4) is 0 Å². The molecule has 4 aliphatic rings. The zero-order chi connectivity index (χ0) is 23.5. The van der Waals surface area contributed by atoms with E-state index in [1.54, 1.807) is 11.1 Å². The Morgan fingerprint density at radius 1 is 1.09 bits per heavy atom. The molecule has 0 aromatic carbocycles. The summed E-state index contributed by atoms with van der Waals surface area (Å²) >= 11 is 0. The number of allylic oxidation sites excluding steroid dienone is 5. The van der Waals surface area contributed by atoms with Crippen molar-refractivity contribution in [3.63, 3.8) is 0 Å². The quantitative estimate of drug-likeness (QED) is 0.443. The number of hydrogen-bond donors (Lipinski definition) is 2. The molecule has 0 amide bonds. The topological polar surface area (TPSA) is 40.5 Å². The van der Waals surface area contributed by atoms with Gasteiger partial charge in [0.1, 0.15) is 0 Å². The first-order chi connectivity index (χ1) is 14.9. The first-order valence-corrected chi connectivity index (χ1v) is 13.3. The summed E-state index contributed by atoms with van der Waals surface area (Å²) in [7, 11) is 0. The van der Waals surface area contributed by atoms with Crippen molar-refractivity contribution in [2.45, 2.75) is 106 Å². The molecule has 2 fully saturated rings. The minimum atomic E-state index is -0.180. The molecular formula is C30H48O2. The van der Waals surface area contributed by atoms with E-state index in [0.29, 0.717) is 17.3 Å². The van der Waals surface area contributed by atoms with E-state index in [1.807, 2.05) is 6.92 Å². The molecule has 0 spiro atoms. The fraction of sp³-hybridized carbons (Fsp3) is 0.800. The van der Waals surface area contributed by atoms with E-state index >= 15 is 0 Å². The molecule has 32 heavy (non-hydrogen) atoms. The Bertz CT molecular complexity index is 832. The normalized spacial score (nSPS) is 44.2. The Labute approximate surface area is 197 Å². The van der Waals surface area contributed by atoms with Gasteiger partial charge in [0.2, 0.25) is 0 Å². The highest BCUT2D eigenvalue weighted by atomic mass is 16.3. The molecule has 0 radical (unpaired) electrons. The van der Waals surface area contributed by atoms with Gasteiger partial charge in [0.05, 0.1) is 12.7 Å². The smallest absolute Gasteiger partial charge is 0.0639 e. The minimum Gasteiger partial charge on any atom is -0.393 e. The molecule has 0 aromatic heterocycles. The van der Waals surface area contributed by atoms with Crippen molar-refractivity contribution < 1.29 is 10.2 Å². The highest BCUT2D eigenvalue weighted by Gasteiger charge is 2.62. The van der Waals surface area contributed by atoms with Crippen molar-refractivity contribution in [3.8, 4) is 0 Å². The molecule has 2 saturated carbocycles. The molecule has 0 saturated heterocycles. The van der Waals surface area contributed by atoms with Crippen LogP contribution in [0.5, 0.6) is 0 Å². The fourth-order valence-corrected chi connectivity index (χ4v) is 8.80. The molecule has 0 bridgehead atoms. The van der Waals surface area contributed by atoms with Crippen molar-refractivity contribution in [2.24, 2.45) is 39.4 Å². The van der Waals surface area contributed by atoms with Gasteiger partial charge in [0.25, 0.3) is 0 Å². The standard InChI is InChI=1S/C30H48O2/c1-20(19-31)9-8-10-21(2)22-13-17-30(7)24-11-12-25-27(3,4)26(32)15-16-28(25,5)23(24)14-18-29(22,30)6/h9,11,14,21-22,25-26,31-32H,8,10,12-13,15-19H2,1-7H3/t21-,22-,25+,26+,28-,29-,30+/m1/s1. The molecular weight excluding hydrogens is 392 g/mol. The van der Waals surface area contributed by atoms with E-state index in [2.05, 4.69) is 59.8 Å². The average molecular weight is 441 g/mol. The lowest BCUT2D eigenvalue weighted by atomic mass is 9.44. The van der Waals surface area contributed by atoms with Crippen LogP contribution in [0, 0.1) is 39.4 Å². The van der Waals surface area contributed by atoms with Crippen LogP contribution in [-0.2, 0) is 0 Å². The van der Waals surface area contributed by atoms with Crippen molar-refractivity contribution in [3.05, 3.63) is 34.9 Å². The summed E-state index contributed by atoms with van der Waals surface area (Å²) < 4.78 is 0. The van der Waals surface area contributed by atoms with E-state index in [1.165, 1.54) is 25.7 Å². The number of rotatable bonds is 5. The van der Waals surface area contributed by atoms with Crippen LogP contribution in [0.4, 0.5) is 0 Å². The molecule has 7 atom stereocenters. The zero-order valence-corrected chi connectivity index (χ0v) is 21.8. The summed E-state index contributed by atoms with van der Waals surface area (Å²) in [5.41, 5.74) is 5.18. The lowest BCUT2D eigenvalue weighted by molar-refractivity contribution is -0.0851. The lowest BCUT2D eigenvalue weighted by Crippen LogP contribution is -2.54. The van der Waals surface area contributed by atoms with Crippen LogP contribution in [0.15, 0.2) is 34.9 Å². The van der Waals surface area contributed by atoms with Gasteiger partial charge in [0.15, 0.2) is 0 Å². The van der Waals surface area contributed by atoms with Gasteiger partial charge < -0.3 is 10.2 Å². The molecule has 0 heterocycles. The zero-order valence-electron chi connectivity index (χ0n) is 21.8. The molecule has 180 valence electrons. The monoisotopic (exact) mass is 440 g/mol. The van der Waals surface area contributed by atoms with Crippen molar-refractivity contribution in [2.75, 3.05) is 6.61 Å². The molecule has 4 rings (SSSR count). The number of hydrogen-bond acceptors (Lipinski definition) is 2. The van der Waals surface area contributed by atoms with Gasteiger partial charge in [-0.25, -0.2) is 0 Å². The van der Waals surface area contributed by atoms with Crippen LogP contribution in [0.25, 0.3) is 0 Å². The average Bonchev–Trinajstić information content (AvgIpc) is 3.02. The Balaban J connectivity index is 1.63. The van der Waals surface area contributed by atoms with Crippen LogP contribution in [0.1, 0.15) is 99.8 Å². The van der Waals surface area contributed by atoms with Gasteiger partial charge in [-0.2, -0.15) is 0 Å². The second kappa shape index (κ2) is 8.12. The van der Waals surface area contributed by atoms with E-state index < -0.39 is 0 Å². The van der Waals surface area contributed by atoms with Crippen molar-refractivity contribution in [1.82, 2.24) is 0 Å². The Kier molecular flexibility index (Phi) is 6.16. The lowest BCUT2D eigenvalue weighted by Gasteiger charge is -2.61. The maximum Gasteiger partial charge on any atom is 0.0639 e. The van der Waals surface area contributed by atoms with Gasteiger partial charge >= 0.3 is 0 Å². The maximum absolute atomic E-state index is 10.8. The second-order valence-corrected chi connectivity index (χ2v) is 13.2. The first kappa shape index (κ1) is 24.3. The van der Waals surface area contributed by atoms with Crippen LogP contribution in [0.2, 0.25) is 0 Å². The van der Waals surface area contributed by atoms with E-state index in [0.717, 1.165) is 37.2 Å². The van der Waals surface area contributed by atoms with E-state index in [9.17, 15) is 10.2 Å². The van der Waals surface area contributed by atoms with Gasteiger partial charge in [-0.15, -0.1) is 0 Å². The van der Waals surface area contributed by atoms with Gasteiger partial charge in [-0.05, 0) is 109 Å². The number of aliphatic hydroxyl groups excluding tert-OH is 2. The third-order valence-electron chi connectivity index (χ3n) is 11.3. The van der Waals surface area contributed by atoms with Gasteiger partial charge in [-0.3, -0.25) is 0 Å². The van der Waals surface area contributed by atoms with Crippen molar-refractivity contribution in [1.29, 1.82) is 0 Å². The molecule has 0 unspecified atom stereocenters. The van der Waals surface area contributed by atoms with Gasteiger partial charge in [0, 0.05) is 0 Å². The Hall–Kier alpha value is -0.860. The third-order valence-corrected chi connectivity index (χ3v) is 11.3. The summed E-state index contributed by atoms with van der Waals surface area (Å²) in [6.07, 6.45) is 16.6. The predicted octanol–water partition coefficient (Wildman–Crippen LogP) is 7.23. The summed E-state index contributed by atoms with van der Waals surface area (Å²) in [4.78, 5) is 0. The van der Waals surface area contributed by atoms with E-state index in [-0.39, 0.29) is 29.0 Å². The second-order valence-electron chi connectivity index (χ2n) is 13.2. The SMILES string of the molecule is CC(=CCC[C@@H](C)[C@H]1CC[C@@]2(C)C3=CC[C@H]4C(C)(C)[C@@H](O)CC[C@]4(C)C3=CC[C@]12C)CO. The summed E-state index contributed by atoms with van der Waals surface area (Å²) in [6.45, 7) is 17.0. The summed E-state index contributed by atoms with van der Waals surface area (Å²) in [6, 6.07) is 0. The highest BCUT2D eigenvalue weighted by molar-refractivity contribution is 5.49. The van der Waals surface area contributed by atoms with Gasteiger partial charge in [-0.1, -0.05) is 65.3 Å². The molecule has 0 aliphatic heterocycles. The number of aliphatic hydroxyl groups is 2. The maximum atomic E-state index is 10.8. The Morgan fingerprint density at radius 2 is 1.81 bits per heavy atom. The fourth-order valence-electron chi connectivity index (χ4n) is 8.80. The van der Waals surface area contributed by atoms with Crippen LogP contribution < -0.4 is 0 Å². The van der Waals surface area contributed by atoms with Crippen molar-refractivity contribution >= 4 is 0 Å². The first-order valence-electron chi connectivity index (χ1n) is 13.3. The number of fused-ring (bicyclic) bond motifs is 5. The third kappa shape index (κ3) is 3.34. The molecule has 2 heteroatoms. The largest absolute Gasteiger partial charge is 0.393 e. The predicted molar refractivity (Wildman–Crippen MR) is 134 cm³/mol. The summed E-state index contributed by atoms with van der Waals surface area (Å²) in [5, 5.41) is 20.1. The van der Waals surface area contributed by atoms with Crippen LogP contribution >= 0.6 is 0 Å². The molecule has 4 aliphatic carbocycles. The molecule has 0 aromatic rings. The minimum absolute atomic E-state index is 0.0233. The molecule has 2 N–H and O–H groups in total. The van der Waals surface area contributed by atoms with Crippen LogP contribution in [-0.4, -0.2) is 22.9 Å². The van der Waals surface area contributed by atoms with E-state index in [4.69, 9.17) is 0 Å². The Morgan fingerprint density at radius 3 is 2.50 bits per heavy atom.